The maximum Gasteiger partial charge on any atom is 0.328 e. The number of rotatable bonds is 4. The molecule has 0 saturated heterocycles. The lowest BCUT2D eigenvalue weighted by molar-refractivity contribution is -0.133. The molecular weight excluding hydrogens is 506 g/mol. The Balaban J connectivity index is 1.64. The summed E-state index contributed by atoms with van der Waals surface area (Å²) in [7, 11) is 0. The van der Waals surface area contributed by atoms with Gasteiger partial charge in [-0.05, 0) is 54.6 Å². The summed E-state index contributed by atoms with van der Waals surface area (Å²) in [4.78, 5) is 38.0. The molecule has 0 spiro atoms. The molecular formula is C23H14Cl3FN4O3. The van der Waals surface area contributed by atoms with Crippen molar-refractivity contribution in [3.05, 3.63) is 93.3 Å². The number of benzene rings is 3. The quantitative estimate of drug-likeness (QED) is 0.302. The van der Waals surface area contributed by atoms with E-state index in [0.29, 0.717) is 26.6 Å². The van der Waals surface area contributed by atoms with E-state index in [1.54, 1.807) is 24.3 Å². The number of halogens is 4. The summed E-state index contributed by atoms with van der Waals surface area (Å²) in [5.41, 5.74) is 2.96. The summed E-state index contributed by atoms with van der Waals surface area (Å²) in [6.07, 6.45) is 0. The third kappa shape index (κ3) is 4.99. The molecule has 34 heavy (non-hydrogen) atoms. The highest BCUT2D eigenvalue weighted by atomic mass is 35.5. The average molecular weight is 520 g/mol. The van der Waals surface area contributed by atoms with E-state index in [-0.39, 0.29) is 16.4 Å². The zero-order valence-corrected chi connectivity index (χ0v) is 19.3. The lowest BCUT2D eigenvalue weighted by Crippen LogP contribution is -2.36. The molecule has 4 rings (SSSR count). The van der Waals surface area contributed by atoms with Crippen LogP contribution in [0.5, 0.6) is 0 Å². The van der Waals surface area contributed by atoms with Gasteiger partial charge < -0.3 is 10.6 Å². The summed E-state index contributed by atoms with van der Waals surface area (Å²) in [5.74, 6) is -3.57. The van der Waals surface area contributed by atoms with E-state index in [9.17, 15) is 18.8 Å². The van der Waals surface area contributed by atoms with Gasteiger partial charge in [-0.25, -0.2) is 9.07 Å². The van der Waals surface area contributed by atoms with E-state index in [0.717, 1.165) is 10.7 Å². The minimum atomic E-state index is -1.13. The van der Waals surface area contributed by atoms with Crippen LogP contribution in [0, 0.1) is 5.82 Å². The molecule has 1 heterocycles. The Kier molecular flexibility index (Phi) is 6.74. The molecule has 7 nitrogen and oxygen atoms in total. The largest absolute Gasteiger partial charge is 0.328 e. The van der Waals surface area contributed by atoms with Crippen LogP contribution >= 0.6 is 34.8 Å². The molecule has 3 N–H and O–H groups in total. The van der Waals surface area contributed by atoms with Crippen LogP contribution in [-0.2, 0) is 9.59 Å². The molecule has 1 aromatic heterocycles. The van der Waals surface area contributed by atoms with Crippen molar-refractivity contribution in [2.24, 2.45) is 0 Å². The van der Waals surface area contributed by atoms with E-state index >= 15 is 0 Å². The zero-order chi connectivity index (χ0) is 24.4. The minimum absolute atomic E-state index is 0.00428. The monoisotopic (exact) mass is 518 g/mol. The van der Waals surface area contributed by atoms with Crippen LogP contribution in [0.3, 0.4) is 0 Å². The summed E-state index contributed by atoms with van der Waals surface area (Å²) < 4.78 is 15.0. The molecule has 3 aromatic carbocycles. The molecule has 0 saturated carbocycles. The number of aromatic nitrogens is 1. The van der Waals surface area contributed by atoms with Crippen LogP contribution < -0.4 is 16.1 Å². The predicted molar refractivity (Wildman–Crippen MR) is 131 cm³/mol. The number of anilines is 2. The molecule has 0 unspecified atom stereocenters. The Morgan fingerprint density at radius 3 is 2.29 bits per heavy atom. The highest BCUT2D eigenvalue weighted by molar-refractivity contribution is 6.43. The Hall–Kier alpha value is -3.59. The van der Waals surface area contributed by atoms with Gasteiger partial charge in [0, 0.05) is 16.1 Å². The van der Waals surface area contributed by atoms with Crippen molar-refractivity contribution >= 4 is 74.8 Å². The summed E-state index contributed by atoms with van der Waals surface area (Å²) in [6.45, 7) is 0. The van der Waals surface area contributed by atoms with Crippen LogP contribution in [0.2, 0.25) is 15.1 Å². The Morgan fingerprint density at radius 1 is 0.794 bits per heavy atom. The van der Waals surface area contributed by atoms with E-state index < -0.39 is 23.5 Å². The molecule has 11 heteroatoms. The number of carbonyl (C=O) groups is 3. The zero-order valence-electron chi connectivity index (χ0n) is 17.0. The maximum absolute atomic E-state index is 13.8. The van der Waals surface area contributed by atoms with Gasteiger partial charge in [0.15, 0.2) is 0 Å². The lowest BCUT2D eigenvalue weighted by atomic mass is 10.2. The first-order valence-corrected chi connectivity index (χ1v) is 10.8. The number of amides is 3. The fraction of sp³-hybridized carbons (Fsp3) is 0. The highest BCUT2D eigenvalue weighted by Crippen LogP contribution is 2.27. The van der Waals surface area contributed by atoms with Crippen molar-refractivity contribution in [2.45, 2.75) is 0 Å². The number of hydrogen-bond donors (Lipinski definition) is 3. The third-order valence-electron chi connectivity index (χ3n) is 4.72. The van der Waals surface area contributed by atoms with Gasteiger partial charge in [0.1, 0.15) is 11.5 Å². The van der Waals surface area contributed by atoms with Gasteiger partial charge in [-0.2, -0.15) is 0 Å². The summed E-state index contributed by atoms with van der Waals surface area (Å²) in [6, 6.07) is 16.2. The second-order valence-corrected chi connectivity index (χ2v) is 8.28. The standard InChI is InChI=1S/C23H14Cl3FN4O3/c24-13-5-8-19-12(9-13)10-20(21(32)28-14-6-7-15(25)16(26)11-14)31(19)30-23(34)22(33)29-18-4-2-1-3-17(18)27/h1-11H,(H,28,32)(H,29,33)(H,30,34). The van der Waals surface area contributed by atoms with Crippen molar-refractivity contribution in [2.75, 3.05) is 16.1 Å². The van der Waals surface area contributed by atoms with Crippen molar-refractivity contribution in [3.63, 3.8) is 0 Å². The predicted octanol–water partition coefficient (Wildman–Crippen LogP) is 5.70. The molecule has 4 aromatic rings. The number of nitrogens with one attached hydrogen (secondary N) is 3. The lowest BCUT2D eigenvalue weighted by Gasteiger charge is -2.13. The molecule has 0 atom stereocenters. The Labute approximate surface area is 207 Å². The topological polar surface area (TPSA) is 92.2 Å². The first-order valence-electron chi connectivity index (χ1n) is 9.67. The van der Waals surface area contributed by atoms with E-state index in [4.69, 9.17) is 34.8 Å². The van der Waals surface area contributed by atoms with Crippen LogP contribution in [0.25, 0.3) is 10.9 Å². The molecule has 0 aliphatic heterocycles. The van der Waals surface area contributed by atoms with Gasteiger partial charge in [-0.15, -0.1) is 0 Å². The second kappa shape index (κ2) is 9.72. The maximum atomic E-state index is 13.8. The van der Waals surface area contributed by atoms with Crippen LogP contribution in [0.1, 0.15) is 10.5 Å². The van der Waals surface area contributed by atoms with Crippen LogP contribution in [0.15, 0.2) is 66.7 Å². The fourth-order valence-electron chi connectivity index (χ4n) is 3.14. The third-order valence-corrected chi connectivity index (χ3v) is 5.69. The number of para-hydroxylation sites is 1. The Morgan fingerprint density at radius 2 is 1.56 bits per heavy atom. The van der Waals surface area contributed by atoms with Gasteiger partial charge >= 0.3 is 11.8 Å². The fourth-order valence-corrected chi connectivity index (χ4v) is 3.62. The summed E-state index contributed by atoms with van der Waals surface area (Å²) in [5, 5.41) is 6.34. The van der Waals surface area contributed by atoms with Crippen LogP contribution in [-0.4, -0.2) is 22.4 Å². The molecule has 0 fully saturated rings. The van der Waals surface area contributed by atoms with E-state index in [1.165, 1.54) is 36.4 Å². The number of fused-ring (bicyclic) bond motifs is 1. The van der Waals surface area contributed by atoms with Crippen molar-refractivity contribution < 1.29 is 18.8 Å². The number of nitrogens with zero attached hydrogens (tertiary/aromatic N) is 1. The number of hydrogen-bond acceptors (Lipinski definition) is 3. The Bertz CT molecular complexity index is 1450. The molecule has 3 amide bonds. The van der Waals surface area contributed by atoms with E-state index in [1.807, 2.05) is 0 Å². The minimum Gasteiger partial charge on any atom is -0.321 e. The first kappa shape index (κ1) is 23.6. The van der Waals surface area contributed by atoms with Gasteiger partial charge in [-0.1, -0.05) is 46.9 Å². The highest BCUT2D eigenvalue weighted by Gasteiger charge is 2.22. The molecule has 172 valence electrons. The van der Waals surface area contributed by atoms with Crippen molar-refractivity contribution in [3.8, 4) is 0 Å². The molecule has 0 bridgehead atoms. The average Bonchev–Trinajstić information content (AvgIpc) is 3.15. The van der Waals surface area contributed by atoms with Gasteiger partial charge in [0.25, 0.3) is 5.91 Å². The first-order chi connectivity index (χ1) is 16.2. The van der Waals surface area contributed by atoms with Crippen molar-refractivity contribution in [1.29, 1.82) is 0 Å². The normalized spacial score (nSPS) is 10.7. The number of carbonyl (C=O) groups excluding carboxylic acids is 3. The molecule has 0 radical (unpaired) electrons. The smallest absolute Gasteiger partial charge is 0.321 e. The second-order valence-electron chi connectivity index (χ2n) is 7.03. The van der Waals surface area contributed by atoms with Crippen molar-refractivity contribution in [1.82, 2.24) is 4.68 Å². The van der Waals surface area contributed by atoms with Gasteiger partial charge in [-0.3, -0.25) is 19.8 Å². The molecule has 0 aliphatic rings. The van der Waals surface area contributed by atoms with Gasteiger partial charge in [0.2, 0.25) is 0 Å². The van der Waals surface area contributed by atoms with Crippen LogP contribution in [0.4, 0.5) is 15.8 Å². The van der Waals surface area contributed by atoms with E-state index in [2.05, 4.69) is 16.1 Å². The summed E-state index contributed by atoms with van der Waals surface area (Å²) >= 11 is 18.0. The SMILES string of the molecule is O=C(Nc1ccccc1F)C(=O)Nn1c(C(=O)Nc2ccc(Cl)c(Cl)c2)cc2cc(Cl)ccc21. The molecule has 0 aliphatic carbocycles. The van der Waals surface area contributed by atoms with Gasteiger partial charge in [0.05, 0.1) is 21.2 Å².